The Labute approximate surface area is 125 Å². The number of benzene rings is 1. The first kappa shape index (κ1) is 15.9. The maximum absolute atomic E-state index is 13.5. The summed E-state index contributed by atoms with van der Waals surface area (Å²) in [7, 11) is 1.95. The minimum absolute atomic E-state index is 0.0880. The lowest BCUT2D eigenvalue weighted by molar-refractivity contribution is -0.121. The summed E-state index contributed by atoms with van der Waals surface area (Å²) in [6.45, 7) is 5.40. The Balaban J connectivity index is 1.97. The number of amides is 1. The second-order valence-electron chi connectivity index (χ2n) is 5.75. The quantitative estimate of drug-likeness (QED) is 0.894. The molecule has 116 valence electrons. The Kier molecular flexibility index (Phi) is 5.31. The number of halogens is 1. The Bertz CT molecular complexity index is 506. The monoisotopic (exact) mass is 293 g/mol. The van der Waals surface area contributed by atoms with Crippen molar-refractivity contribution < 1.29 is 9.18 Å². The van der Waals surface area contributed by atoms with Crippen LogP contribution in [0.4, 0.5) is 10.1 Å². The molecule has 1 aliphatic heterocycles. The molecule has 1 aliphatic rings. The van der Waals surface area contributed by atoms with Gasteiger partial charge < -0.3 is 10.6 Å². The first-order valence-electron chi connectivity index (χ1n) is 7.49. The Morgan fingerprint density at radius 3 is 2.90 bits per heavy atom. The minimum Gasteiger partial charge on any atom is -0.325 e. The number of aryl methyl sites for hydroxylation is 1. The SMILES string of the molecule is CNC1CCCN(C(C)C(=O)Nc2ccc(C)c(F)c2)C1. The molecule has 1 aromatic rings. The van der Waals surface area contributed by atoms with Gasteiger partial charge in [-0.05, 0) is 58.0 Å². The van der Waals surface area contributed by atoms with E-state index in [1.54, 1.807) is 19.1 Å². The van der Waals surface area contributed by atoms with Crippen LogP contribution in [0.15, 0.2) is 18.2 Å². The van der Waals surface area contributed by atoms with Gasteiger partial charge in [-0.3, -0.25) is 9.69 Å². The van der Waals surface area contributed by atoms with Crippen LogP contribution in [-0.2, 0) is 4.79 Å². The highest BCUT2D eigenvalue weighted by Gasteiger charge is 2.26. The van der Waals surface area contributed by atoms with E-state index in [0.29, 0.717) is 17.3 Å². The molecular formula is C16H24FN3O. The van der Waals surface area contributed by atoms with Crippen molar-refractivity contribution in [3.63, 3.8) is 0 Å². The van der Waals surface area contributed by atoms with Gasteiger partial charge in [0.15, 0.2) is 0 Å². The number of anilines is 1. The van der Waals surface area contributed by atoms with E-state index in [1.165, 1.54) is 6.07 Å². The number of likely N-dealkylation sites (tertiary alicyclic amines) is 1. The maximum Gasteiger partial charge on any atom is 0.241 e. The molecule has 1 heterocycles. The molecule has 0 radical (unpaired) electrons. The normalized spacial score (nSPS) is 21.0. The van der Waals surface area contributed by atoms with Crippen LogP contribution < -0.4 is 10.6 Å². The van der Waals surface area contributed by atoms with Crippen molar-refractivity contribution in [2.75, 3.05) is 25.5 Å². The van der Waals surface area contributed by atoms with Gasteiger partial charge in [0.2, 0.25) is 5.91 Å². The van der Waals surface area contributed by atoms with E-state index in [4.69, 9.17) is 0 Å². The molecule has 4 nitrogen and oxygen atoms in total. The molecule has 2 rings (SSSR count). The lowest BCUT2D eigenvalue weighted by Crippen LogP contribution is -2.51. The Hall–Kier alpha value is -1.46. The number of hydrogen-bond acceptors (Lipinski definition) is 3. The van der Waals surface area contributed by atoms with Crippen LogP contribution >= 0.6 is 0 Å². The highest BCUT2D eigenvalue weighted by molar-refractivity contribution is 5.94. The van der Waals surface area contributed by atoms with E-state index in [9.17, 15) is 9.18 Å². The van der Waals surface area contributed by atoms with Gasteiger partial charge in [0.25, 0.3) is 0 Å². The Morgan fingerprint density at radius 1 is 1.48 bits per heavy atom. The number of hydrogen-bond donors (Lipinski definition) is 2. The van der Waals surface area contributed by atoms with Gasteiger partial charge in [0.1, 0.15) is 5.82 Å². The maximum atomic E-state index is 13.5. The van der Waals surface area contributed by atoms with Gasteiger partial charge in [-0.1, -0.05) is 6.07 Å². The zero-order chi connectivity index (χ0) is 15.4. The second kappa shape index (κ2) is 7.00. The smallest absolute Gasteiger partial charge is 0.241 e. The van der Waals surface area contributed by atoms with Crippen LogP contribution in [0, 0.1) is 12.7 Å². The van der Waals surface area contributed by atoms with Crippen LogP contribution in [0.3, 0.4) is 0 Å². The molecule has 2 atom stereocenters. The molecule has 21 heavy (non-hydrogen) atoms. The number of carbonyl (C=O) groups excluding carboxylic acids is 1. The summed E-state index contributed by atoms with van der Waals surface area (Å²) in [6, 6.07) is 4.99. The topological polar surface area (TPSA) is 44.4 Å². The molecule has 1 saturated heterocycles. The van der Waals surface area contributed by atoms with Gasteiger partial charge in [0.05, 0.1) is 6.04 Å². The summed E-state index contributed by atoms with van der Waals surface area (Å²) in [4.78, 5) is 14.5. The first-order chi connectivity index (χ1) is 10.0. The Morgan fingerprint density at radius 2 is 2.24 bits per heavy atom. The lowest BCUT2D eigenvalue weighted by Gasteiger charge is -2.35. The van der Waals surface area contributed by atoms with Crippen molar-refractivity contribution in [3.8, 4) is 0 Å². The minimum atomic E-state index is -0.298. The summed E-state index contributed by atoms with van der Waals surface area (Å²) in [5, 5.41) is 6.07. The van der Waals surface area contributed by atoms with Gasteiger partial charge in [-0.25, -0.2) is 4.39 Å². The summed E-state index contributed by atoms with van der Waals surface area (Å²) in [5.74, 6) is -0.385. The van der Waals surface area contributed by atoms with E-state index < -0.39 is 0 Å². The molecule has 1 amide bonds. The van der Waals surface area contributed by atoms with Crippen molar-refractivity contribution in [2.45, 2.75) is 38.8 Å². The van der Waals surface area contributed by atoms with Crippen LogP contribution in [0.25, 0.3) is 0 Å². The highest BCUT2D eigenvalue weighted by atomic mass is 19.1. The molecule has 0 aliphatic carbocycles. The van der Waals surface area contributed by atoms with Crippen LogP contribution in [0.5, 0.6) is 0 Å². The van der Waals surface area contributed by atoms with E-state index in [-0.39, 0.29) is 17.8 Å². The largest absolute Gasteiger partial charge is 0.325 e. The number of rotatable bonds is 4. The number of likely N-dealkylation sites (N-methyl/N-ethyl adjacent to an activating group) is 1. The van der Waals surface area contributed by atoms with Crippen LogP contribution in [0.1, 0.15) is 25.3 Å². The molecular weight excluding hydrogens is 269 g/mol. The molecule has 0 aromatic heterocycles. The summed E-state index contributed by atoms with van der Waals surface area (Å²) < 4.78 is 13.5. The van der Waals surface area contributed by atoms with Crippen molar-refractivity contribution >= 4 is 11.6 Å². The van der Waals surface area contributed by atoms with Crippen molar-refractivity contribution in [2.24, 2.45) is 0 Å². The number of nitrogens with one attached hydrogen (secondary N) is 2. The predicted molar refractivity (Wildman–Crippen MR) is 82.9 cm³/mol. The molecule has 0 saturated carbocycles. The zero-order valence-corrected chi connectivity index (χ0v) is 12.9. The number of carbonyl (C=O) groups is 1. The average Bonchev–Trinajstić information content (AvgIpc) is 2.50. The molecule has 0 spiro atoms. The van der Waals surface area contributed by atoms with Crippen LogP contribution in [-0.4, -0.2) is 43.0 Å². The average molecular weight is 293 g/mol. The van der Waals surface area contributed by atoms with Gasteiger partial charge in [0, 0.05) is 18.3 Å². The molecule has 1 aromatic carbocycles. The van der Waals surface area contributed by atoms with Crippen LogP contribution in [0.2, 0.25) is 0 Å². The van der Waals surface area contributed by atoms with Gasteiger partial charge >= 0.3 is 0 Å². The fourth-order valence-electron chi connectivity index (χ4n) is 2.68. The third-order valence-electron chi connectivity index (χ3n) is 4.23. The fourth-order valence-corrected chi connectivity index (χ4v) is 2.68. The lowest BCUT2D eigenvalue weighted by atomic mass is 10.0. The van der Waals surface area contributed by atoms with Crippen molar-refractivity contribution in [3.05, 3.63) is 29.6 Å². The summed E-state index contributed by atoms with van der Waals surface area (Å²) in [6.07, 6.45) is 2.23. The van der Waals surface area contributed by atoms with E-state index in [2.05, 4.69) is 15.5 Å². The molecule has 5 heteroatoms. The van der Waals surface area contributed by atoms with E-state index in [0.717, 1.165) is 25.9 Å². The number of piperidine rings is 1. The molecule has 2 N–H and O–H groups in total. The second-order valence-corrected chi connectivity index (χ2v) is 5.75. The predicted octanol–water partition coefficient (Wildman–Crippen LogP) is 2.14. The summed E-state index contributed by atoms with van der Waals surface area (Å²) >= 11 is 0. The van der Waals surface area contributed by atoms with Crippen molar-refractivity contribution in [1.29, 1.82) is 0 Å². The highest BCUT2D eigenvalue weighted by Crippen LogP contribution is 2.16. The van der Waals surface area contributed by atoms with Crippen molar-refractivity contribution in [1.82, 2.24) is 10.2 Å². The molecule has 1 fully saturated rings. The molecule has 0 bridgehead atoms. The first-order valence-corrected chi connectivity index (χ1v) is 7.49. The summed E-state index contributed by atoms with van der Waals surface area (Å²) in [5.41, 5.74) is 1.09. The van der Waals surface area contributed by atoms with E-state index in [1.807, 2.05) is 14.0 Å². The zero-order valence-electron chi connectivity index (χ0n) is 12.9. The van der Waals surface area contributed by atoms with E-state index >= 15 is 0 Å². The third-order valence-corrected chi connectivity index (χ3v) is 4.23. The standard InChI is InChI=1S/C16H24FN3O/c1-11-6-7-13(9-15(11)17)19-16(21)12(2)20-8-4-5-14(10-20)18-3/h6-7,9,12,14,18H,4-5,8,10H2,1-3H3,(H,19,21). The van der Waals surface area contributed by atoms with Gasteiger partial charge in [-0.2, -0.15) is 0 Å². The fraction of sp³-hybridized carbons (Fsp3) is 0.562. The molecule has 2 unspecified atom stereocenters. The number of nitrogens with zero attached hydrogens (tertiary/aromatic N) is 1. The van der Waals surface area contributed by atoms with Gasteiger partial charge in [-0.15, -0.1) is 0 Å². The third kappa shape index (κ3) is 4.02.